The average molecular weight is 407 g/mol. The van der Waals surface area contributed by atoms with Gasteiger partial charge in [-0.1, -0.05) is 40.9 Å². The van der Waals surface area contributed by atoms with E-state index in [1.165, 1.54) is 0 Å². The van der Waals surface area contributed by atoms with E-state index in [0.717, 1.165) is 0 Å². The summed E-state index contributed by atoms with van der Waals surface area (Å²) in [5, 5.41) is 0.330. The van der Waals surface area contributed by atoms with Crippen molar-refractivity contribution in [3.05, 3.63) is 11.1 Å². The van der Waals surface area contributed by atoms with E-state index in [9.17, 15) is 4.21 Å². The van der Waals surface area contributed by atoms with Gasteiger partial charge in [-0.05, 0) is 6.42 Å². The van der Waals surface area contributed by atoms with Crippen LogP contribution in [-0.4, -0.2) is 30.0 Å². The summed E-state index contributed by atoms with van der Waals surface area (Å²) in [4.78, 5) is -4.17. The van der Waals surface area contributed by atoms with Crippen LogP contribution in [0.5, 0.6) is 0 Å². The summed E-state index contributed by atoms with van der Waals surface area (Å²) in [6, 6.07) is 0. The smallest absolute Gasteiger partial charge is 0.247 e. The fourth-order valence-electron chi connectivity index (χ4n) is 2.92. The number of hydrogen-bond acceptors (Lipinski definition) is 3. The number of hydrogen-bond donors (Lipinski definition) is 0. The Hall–Kier alpha value is 1.55. The summed E-state index contributed by atoms with van der Waals surface area (Å²) in [5.41, 5.74) is -2.47. The lowest BCUT2D eigenvalue weighted by Crippen LogP contribution is -2.64. The highest BCUT2D eigenvalue weighted by Crippen LogP contribution is 2.72. The van der Waals surface area contributed by atoms with Crippen molar-refractivity contribution in [3.63, 3.8) is 0 Å². The van der Waals surface area contributed by atoms with E-state index < -0.39 is 37.1 Å². The quantitative estimate of drug-likeness (QED) is 0.573. The van der Waals surface area contributed by atoms with Gasteiger partial charge in [0.1, 0.15) is 14.6 Å². The SMILES string of the molecule is O=S1OC(Cl)C2(Cl)C3C=C(Cl)C(Cl)(C3)C2(Cl)C(Cl)O1. The molecule has 2 fully saturated rings. The lowest BCUT2D eigenvalue weighted by molar-refractivity contribution is 0.204. The van der Waals surface area contributed by atoms with Crippen molar-refractivity contribution in [1.82, 2.24) is 0 Å². The summed E-state index contributed by atoms with van der Waals surface area (Å²) in [6.45, 7) is 0. The molecule has 0 spiro atoms. The predicted octanol–water partition coefficient (Wildman–Crippen LogP) is 3.83. The molecule has 3 aliphatic rings. The molecule has 10 heteroatoms. The lowest BCUT2D eigenvalue weighted by Gasteiger charge is -2.47. The van der Waals surface area contributed by atoms with Gasteiger partial charge in [0.15, 0.2) is 11.1 Å². The normalized spacial score (nSPS) is 60.6. The summed E-state index contributed by atoms with van der Waals surface area (Å²) in [7, 11) is 0. The molecular weight excluding hydrogens is 401 g/mol. The molecule has 7 atom stereocenters. The van der Waals surface area contributed by atoms with E-state index >= 15 is 0 Å². The zero-order valence-corrected chi connectivity index (χ0v) is 14.3. The highest BCUT2D eigenvalue weighted by Gasteiger charge is 2.80. The second kappa shape index (κ2) is 4.53. The number of alkyl halides is 5. The summed E-state index contributed by atoms with van der Waals surface area (Å²) < 4.78 is 21.5. The van der Waals surface area contributed by atoms with Gasteiger partial charge in [-0.3, -0.25) is 0 Å². The molecule has 0 aromatic rings. The van der Waals surface area contributed by atoms with E-state index in [-0.39, 0.29) is 5.92 Å². The Kier molecular flexibility index (Phi) is 3.68. The highest BCUT2D eigenvalue weighted by molar-refractivity contribution is 7.75. The molecule has 2 aliphatic carbocycles. The predicted molar refractivity (Wildman–Crippen MR) is 77.4 cm³/mol. The first-order chi connectivity index (χ1) is 8.68. The number of halogens is 6. The fraction of sp³-hybridized carbons (Fsp3) is 0.778. The van der Waals surface area contributed by atoms with E-state index in [1.54, 1.807) is 6.08 Å². The van der Waals surface area contributed by atoms with Crippen LogP contribution in [0.4, 0.5) is 0 Å². The number of fused-ring (bicyclic) bond motifs is 5. The number of allylic oxidation sites excluding steroid dienone is 2. The van der Waals surface area contributed by atoms with Crippen LogP contribution in [0.1, 0.15) is 6.42 Å². The van der Waals surface area contributed by atoms with Gasteiger partial charge in [-0.25, -0.2) is 8.37 Å². The largest absolute Gasteiger partial charge is 0.307 e. The van der Waals surface area contributed by atoms with Crippen LogP contribution in [-0.2, 0) is 19.7 Å². The van der Waals surface area contributed by atoms with Crippen molar-refractivity contribution in [2.24, 2.45) is 5.92 Å². The maximum atomic E-state index is 11.5. The average Bonchev–Trinajstić information content (AvgIpc) is 2.68. The third-order valence-corrected chi connectivity index (χ3v) is 8.86. The Morgan fingerprint density at radius 2 is 1.79 bits per heavy atom. The topological polar surface area (TPSA) is 35.5 Å². The standard InChI is InChI=1S/C9H6Cl6O3S/c10-4-1-3-2-7(4,13)9(15)6(12)18-19(16)17-5(11)8(3,9)14/h1,3,5-6H,2H2. The van der Waals surface area contributed by atoms with Gasteiger partial charge in [-0.15, -0.1) is 34.8 Å². The molecule has 7 unspecified atom stereocenters. The Morgan fingerprint density at radius 1 is 1.21 bits per heavy atom. The van der Waals surface area contributed by atoms with Crippen LogP contribution >= 0.6 is 69.6 Å². The molecule has 0 aromatic carbocycles. The monoisotopic (exact) mass is 404 g/mol. The van der Waals surface area contributed by atoms with Gasteiger partial charge in [0.25, 0.3) is 0 Å². The molecule has 108 valence electrons. The van der Waals surface area contributed by atoms with Gasteiger partial charge in [0.2, 0.25) is 0 Å². The van der Waals surface area contributed by atoms with Gasteiger partial charge in [0.05, 0.1) is 0 Å². The molecule has 0 radical (unpaired) electrons. The Morgan fingerprint density at radius 3 is 2.42 bits per heavy atom. The molecule has 3 nitrogen and oxygen atoms in total. The van der Waals surface area contributed by atoms with Gasteiger partial charge in [-0.2, -0.15) is 4.21 Å². The zero-order valence-electron chi connectivity index (χ0n) is 8.92. The van der Waals surface area contributed by atoms with Gasteiger partial charge < -0.3 is 0 Å². The molecule has 1 saturated heterocycles. The Balaban J connectivity index is 2.23. The lowest BCUT2D eigenvalue weighted by atomic mass is 9.81. The van der Waals surface area contributed by atoms with Crippen molar-refractivity contribution >= 4 is 81.0 Å². The molecule has 0 amide bonds. The Labute approximate surface area is 142 Å². The second-order valence-corrected chi connectivity index (χ2v) is 8.49. The molecule has 19 heavy (non-hydrogen) atoms. The van der Waals surface area contributed by atoms with Crippen LogP contribution in [0.3, 0.4) is 0 Å². The van der Waals surface area contributed by atoms with E-state index in [4.69, 9.17) is 78.0 Å². The molecular formula is C9H6Cl6O3S. The van der Waals surface area contributed by atoms with Crippen molar-refractivity contribution in [1.29, 1.82) is 0 Å². The minimum Gasteiger partial charge on any atom is -0.247 e. The maximum Gasteiger partial charge on any atom is 0.307 e. The molecule has 2 bridgehead atoms. The van der Waals surface area contributed by atoms with E-state index in [2.05, 4.69) is 0 Å². The van der Waals surface area contributed by atoms with Crippen molar-refractivity contribution in [3.8, 4) is 0 Å². The van der Waals surface area contributed by atoms with Crippen LogP contribution in [0.2, 0.25) is 0 Å². The van der Waals surface area contributed by atoms with Crippen LogP contribution in [0, 0.1) is 5.92 Å². The van der Waals surface area contributed by atoms with E-state index in [1.807, 2.05) is 0 Å². The third kappa shape index (κ3) is 1.64. The molecule has 0 N–H and O–H groups in total. The number of rotatable bonds is 0. The molecule has 3 rings (SSSR count). The summed E-state index contributed by atoms with van der Waals surface area (Å²) >= 11 is 36.0. The van der Waals surface area contributed by atoms with Crippen LogP contribution in [0.25, 0.3) is 0 Å². The van der Waals surface area contributed by atoms with Gasteiger partial charge >= 0.3 is 11.4 Å². The zero-order chi connectivity index (χ0) is 14.2. The van der Waals surface area contributed by atoms with E-state index in [0.29, 0.717) is 11.5 Å². The minimum absolute atomic E-state index is 0.330. The fourth-order valence-corrected chi connectivity index (χ4v) is 6.73. The Bertz CT molecular complexity index is 502. The summed E-state index contributed by atoms with van der Waals surface area (Å²) in [6.07, 6.45) is 2.03. The first kappa shape index (κ1) is 15.4. The maximum absolute atomic E-state index is 11.5. The van der Waals surface area contributed by atoms with Crippen LogP contribution < -0.4 is 0 Å². The molecule has 1 heterocycles. The highest BCUT2D eigenvalue weighted by atomic mass is 35.5. The third-order valence-electron chi connectivity index (χ3n) is 3.87. The first-order valence-corrected chi connectivity index (χ1v) is 8.55. The van der Waals surface area contributed by atoms with Crippen LogP contribution in [0.15, 0.2) is 11.1 Å². The second-order valence-electron chi connectivity index (χ2n) is 4.63. The molecule has 1 aliphatic heterocycles. The summed E-state index contributed by atoms with van der Waals surface area (Å²) in [5.74, 6) is -0.362. The molecule has 1 saturated carbocycles. The minimum atomic E-state index is -2.17. The van der Waals surface area contributed by atoms with Gasteiger partial charge in [0, 0.05) is 11.0 Å². The van der Waals surface area contributed by atoms with Crippen molar-refractivity contribution < 1.29 is 12.6 Å². The van der Waals surface area contributed by atoms with Crippen molar-refractivity contribution in [2.75, 3.05) is 0 Å². The first-order valence-electron chi connectivity index (χ1n) is 5.16. The molecule has 0 aromatic heterocycles. The van der Waals surface area contributed by atoms with Crippen molar-refractivity contribution in [2.45, 2.75) is 32.2 Å².